The van der Waals surface area contributed by atoms with Crippen LogP contribution in [0.15, 0.2) is 31.4 Å². The molecular weight excluding hydrogens is 266 g/mol. The number of aryl methyl sites for hydroxylation is 1. The summed E-state index contributed by atoms with van der Waals surface area (Å²) in [6.45, 7) is 0. The van der Waals surface area contributed by atoms with Gasteiger partial charge in [0.15, 0.2) is 11.5 Å². The SMILES string of the molecule is O=[N+]([O-])c1ccc(/C=N/N=C2/CCCc3nonc32)o1. The lowest BCUT2D eigenvalue weighted by atomic mass is 9.99. The van der Waals surface area contributed by atoms with Gasteiger partial charge in [0.25, 0.3) is 0 Å². The van der Waals surface area contributed by atoms with Gasteiger partial charge in [-0.1, -0.05) is 5.16 Å². The first kappa shape index (κ1) is 12.2. The zero-order valence-corrected chi connectivity index (χ0v) is 10.2. The van der Waals surface area contributed by atoms with E-state index in [2.05, 4.69) is 25.1 Å². The predicted molar refractivity (Wildman–Crippen MR) is 66.7 cm³/mol. The Morgan fingerprint density at radius 3 is 3.05 bits per heavy atom. The molecule has 0 amide bonds. The summed E-state index contributed by atoms with van der Waals surface area (Å²) in [5.74, 6) is -0.0740. The van der Waals surface area contributed by atoms with E-state index < -0.39 is 4.92 Å². The highest BCUT2D eigenvalue weighted by Crippen LogP contribution is 2.18. The second kappa shape index (κ2) is 5.03. The fourth-order valence-electron chi connectivity index (χ4n) is 1.89. The smallest absolute Gasteiger partial charge is 0.400 e. The summed E-state index contributed by atoms with van der Waals surface area (Å²) in [7, 11) is 0. The lowest BCUT2D eigenvalue weighted by Crippen LogP contribution is -2.11. The Kier molecular flexibility index (Phi) is 3.07. The van der Waals surface area contributed by atoms with E-state index in [1.165, 1.54) is 18.3 Å². The summed E-state index contributed by atoms with van der Waals surface area (Å²) in [5, 5.41) is 25.9. The molecule has 0 bridgehead atoms. The van der Waals surface area contributed by atoms with Gasteiger partial charge in [0.05, 0.1) is 18.0 Å². The third-order valence-electron chi connectivity index (χ3n) is 2.81. The van der Waals surface area contributed by atoms with E-state index in [0.717, 1.165) is 25.0 Å². The van der Waals surface area contributed by atoms with Crippen LogP contribution in [-0.4, -0.2) is 27.2 Å². The van der Waals surface area contributed by atoms with Crippen molar-refractivity contribution in [3.8, 4) is 0 Å². The summed E-state index contributed by atoms with van der Waals surface area (Å²) >= 11 is 0. The molecule has 0 N–H and O–H groups in total. The van der Waals surface area contributed by atoms with Crippen LogP contribution in [0.1, 0.15) is 30.0 Å². The number of rotatable bonds is 3. The first-order valence-corrected chi connectivity index (χ1v) is 5.90. The van der Waals surface area contributed by atoms with Crippen LogP contribution in [0.2, 0.25) is 0 Å². The van der Waals surface area contributed by atoms with Crippen LogP contribution < -0.4 is 0 Å². The highest BCUT2D eigenvalue weighted by Gasteiger charge is 2.21. The molecule has 20 heavy (non-hydrogen) atoms. The minimum absolute atomic E-state index is 0.260. The summed E-state index contributed by atoms with van der Waals surface area (Å²) in [6.07, 6.45) is 3.76. The largest absolute Gasteiger partial charge is 0.433 e. The van der Waals surface area contributed by atoms with Gasteiger partial charge in [-0.15, -0.1) is 0 Å². The maximum absolute atomic E-state index is 10.5. The van der Waals surface area contributed by atoms with Gasteiger partial charge in [0, 0.05) is 0 Å². The van der Waals surface area contributed by atoms with Crippen LogP contribution >= 0.6 is 0 Å². The van der Waals surface area contributed by atoms with E-state index in [1.54, 1.807) is 0 Å². The van der Waals surface area contributed by atoms with E-state index in [1.807, 2.05) is 0 Å². The third-order valence-corrected chi connectivity index (χ3v) is 2.81. The molecule has 0 aliphatic heterocycles. The fraction of sp³-hybridized carbons (Fsp3) is 0.273. The highest BCUT2D eigenvalue weighted by molar-refractivity contribution is 6.00. The van der Waals surface area contributed by atoms with E-state index in [4.69, 9.17) is 4.42 Å². The molecule has 3 rings (SSSR count). The number of nitro groups is 1. The maximum Gasteiger partial charge on any atom is 0.433 e. The average Bonchev–Trinajstić information content (AvgIpc) is 3.07. The molecule has 1 aliphatic carbocycles. The summed E-state index contributed by atoms with van der Waals surface area (Å²) < 4.78 is 9.59. The molecule has 0 aromatic carbocycles. The quantitative estimate of drug-likeness (QED) is 0.477. The standard InChI is InChI=1S/C11H9N5O4/c17-16(18)10-5-4-7(19-10)6-12-13-8-2-1-3-9-11(8)15-20-14-9/h4-6H,1-3H2/b12-6+,13-8-. The van der Waals surface area contributed by atoms with Gasteiger partial charge >= 0.3 is 5.88 Å². The molecule has 2 heterocycles. The molecule has 0 fully saturated rings. The normalized spacial score (nSPS) is 16.7. The van der Waals surface area contributed by atoms with Gasteiger partial charge in [0.2, 0.25) is 0 Å². The van der Waals surface area contributed by atoms with Crippen molar-refractivity contribution in [3.63, 3.8) is 0 Å². The lowest BCUT2D eigenvalue weighted by Gasteiger charge is -2.07. The first-order valence-electron chi connectivity index (χ1n) is 5.90. The van der Waals surface area contributed by atoms with Crippen LogP contribution in [0.5, 0.6) is 0 Å². The predicted octanol–water partition coefficient (Wildman–Crippen LogP) is 1.73. The number of fused-ring (bicyclic) bond motifs is 1. The van der Waals surface area contributed by atoms with E-state index in [-0.39, 0.29) is 11.6 Å². The molecule has 0 radical (unpaired) electrons. The van der Waals surface area contributed by atoms with Crippen LogP contribution in [0.25, 0.3) is 0 Å². The summed E-state index contributed by atoms with van der Waals surface area (Å²) in [5.41, 5.74) is 2.09. The Balaban J connectivity index is 1.77. The molecule has 0 saturated carbocycles. The Hall–Kier alpha value is -2.84. The monoisotopic (exact) mass is 275 g/mol. The molecular formula is C11H9N5O4. The van der Waals surface area contributed by atoms with Crippen molar-refractivity contribution in [3.05, 3.63) is 39.4 Å². The van der Waals surface area contributed by atoms with Crippen molar-refractivity contribution in [2.75, 3.05) is 0 Å². The van der Waals surface area contributed by atoms with E-state index >= 15 is 0 Å². The number of hydrogen-bond acceptors (Lipinski definition) is 8. The molecule has 2 aromatic rings. The number of furan rings is 1. The second-order valence-corrected chi connectivity index (χ2v) is 4.14. The van der Waals surface area contributed by atoms with Crippen molar-refractivity contribution in [1.82, 2.24) is 10.3 Å². The minimum Gasteiger partial charge on any atom is -0.400 e. The van der Waals surface area contributed by atoms with Crippen LogP contribution in [-0.2, 0) is 6.42 Å². The first-order chi connectivity index (χ1) is 9.74. The van der Waals surface area contributed by atoms with Crippen molar-refractivity contribution in [2.45, 2.75) is 19.3 Å². The molecule has 0 saturated heterocycles. The Bertz CT molecular complexity index is 699. The van der Waals surface area contributed by atoms with Gasteiger partial charge in [-0.3, -0.25) is 10.1 Å². The molecule has 0 unspecified atom stereocenters. The van der Waals surface area contributed by atoms with Crippen LogP contribution in [0, 0.1) is 10.1 Å². The molecule has 0 spiro atoms. The second-order valence-electron chi connectivity index (χ2n) is 4.14. The highest BCUT2D eigenvalue weighted by atomic mass is 16.6. The number of hydrogen-bond donors (Lipinski definition) is 0. The van der Waals surface area contributed by atoms with Crippen molar-refractivity contribution >= 4 is 17.8 Å². The zero-order valence-electron chi connectivity index (χ0n) is 10.2. The number of aromatic nitrogens is 2. The molecule has 9 nitrogen and oxygen atoms in total. The van der Waals surface area contributed by atoms with Gasteiger partial charge in [0.1, 0.15) is 10.6 Å². The van der Waals surface area contributed by atoms with Gasteiger partial charge in [-0.25, -0.2) is 4.63 Å². The van der Waals surface area contributed by atoms with E-state index in [9.17, 15) is 10.1 Å². The molecule has 1 aliphatic rings. The van der Waals surface area contributed by atoms with Crippen molar-refractivity contribution in [1.29, 1.82) is 0 Å². The van der Waals surface area contributed by atoms with Crippen molar-refractivity contribution < 1.29 is 14.0 Å². The molecule has 0 atom stereocenters. The molecule has 2 aromatic heterocycles. The van der Waals surface area contributed by atoms with Gasteiger partial charge in [-0.05, 0) is 30.5 Å². The van der Waals surface area contributed by atoms with Gasteiger partial charge < -0.3 is 4.42 Å². The molecule has 102 valence electrons. The minimum atomic E-state index is -0.613. The number of nitrogens with zero attached hydrogens (tertiary/aromatic N) is 5. The Morgan fingerprint density at radius 1 is 1.35 bits per heavy atom. The average molecular weight is 275 g/mol. The molecule has 9 heteroatoms. The topological polar surface area (TPSA) is 120 Å². The fourth-order valence-corrected chi connectivity index (χ4v) is 1.89. The van der Waals surface area contributed by atoms with Gasteiger partial charge in [-0.2, -0.15) is 10.2 Å². The third kappa shape index (κ3) is 2.32. The summed E-state index contributed by atoms with van der Waals surface area (Å²) in [6, 6.07) is 2.71. The Morgan fingerprint density at radius 2 is 2.25 bits per heavy atom. The van der Waals surface area contributed by atoms with E-state index in [0.29, 0.717) is 11.4 Å². The zero-order chi connectivity index (χ0) is 13.9. The van der Waals surface area contributed by atoms with Crippen molar-refractivity contribution in [2.24, 2.45) is 10.2 Å². The van der Waals surface area contributed by atoms with Crippen LogP contribution in [0.4, 0.5) is 5.88 Å². The summed E-state index contributed by atoms with van der Waals surface area (Å²) in [4.78, 5) is 9.84. The van der Waals surface area contributed by atoms with Crippen LogP contribution in [0.3, 0.4) is 0 Å². The lowest BCUT2D eigenvalue weighted by molar-refractivity contribution is -0.402. The maximum atomic E-state index is 10.5. The Labute approximate surface area is 112 Å².